The number of hydrogen-bond acceptors (Lipinski definition) is 4. The highest BCUT2D eigenvalue weighted by atomic mass is 32.1. The van der Waals surface area contributed by atoms with Crippen LogP contribution in [0.2, 0.25) is 0 Å². The molecule has 3 aromatic rings. The summed E-state index contributed by atoms with van der Waals surface area (Å²) >= 11 is 1.51. The van der Waals surface area contributed by atoms with E-state index in [4.69, 9.17) is 4.74 Å². The summed E-state index contributed by atoms with van der Waals surface area (Å²) in [5.74, 6) is 0.908. The molecule has 0 unspecified atom stereocenters. The fraction of sp³-hybridized carbons (Fsp3) is 0.385. The fourth-order valence-electron chi connectivity index (χ4n) is 3.40. The predicted molar refractivity (Wildman–Crippen MR) is 129 cm³/mol. The molecule has 0 fully saturated rings. The third-order valence-corrected chi connectivity index (χ3v) is 6.08. The Hall–Kier alpha value is -2.66. The second-order valence-electron chi connectivity index (χ2n) is 8.26. The Balaban J connectivity index is 1.53. The first kappa shape index (κ1) is 23.0. The van der Waals surface area contributed by atoms with E-state index in [1.165, 1.54) is 35.3 Å². The Labute approximate surface area is 189 Å². The van der Waals surface area contributed by atoms with Crippen molar-refractivity contribution in [1.29, 1.82) is 0 Å². The Bertz CT molecular complexity index is 993. The molecule has 3 rings (SSSR count). The Kier molecular flexibility index (Phi) is 8.24. The van der Waals surface area contributed by atoms with E-state index >= 15 is 0 Å². The van der Waals surface area contributed by atoms with Crippen molar-refractivity contribution in [2.45, 2.75) is 59.3 Å². The molecule has 0 saturated heterocycles. The number of unbranched alkanes of at least 4 members (excludes halogenated alkanes) is 1. The molecule has 0 spiro atoms. The van der Waals surface area contributed by atoms with Crippen LogP contribution in [0.5, 0.6) is 5.75 Å². The summed E-state index contributed by atoms with van der Waals surface area (Å²) in [6.07, 6.45) is 6.23. The zero-order valence-electron chi connectivity index (χ0n) is 18.9. The van der Waals surface area contributed by atoms with Crippen LogP contribution in [-0.2, 0) is 17.6 Å². The number of rotatable bonds is 10. The number of carbonyl (C=O) groups is 1. The maximum Gasteiger partial charge on any atom is 0.264 e. The topological polar surface area (TPSA) is 51.2 Å². The van der Waals surface area contributed by atoms with Crippen molar-refractivity contribution in [1.82, 2.24) is 4.98 Å². The van der Waals surface area contributed by atoms with Gasteiger partial charge in [0.1, 0.15) is 5.75 Å². The van der Waals surface area contributed by atoms with E-state index in [0.717, 1.165) is 34.6 Å². The van der Waals surface area contributed by atoms with Gasteiger partial charge in [-0.05, 0) is 54.0 Å². The summed E-state index contributed by atoms with van der Waals surface area (Å²) < 4.78 is 5.82. The number of benzene rings is 2. The van der Waals surface area contributed by atoms with E-state index in [9.17, 15) is 4.79 Å². The number of amides is 1. The maximum atomic E-state index is 12.4. The molecule has 31 heavy (non-hydrogen) atoms. The smallest absolute Gasteiger partial charge is 0.264 e. The van der Waals surface area contributed by atoms with Crippen molar-refractivity contribution < 1.29 is 9.53 Å². The molecular formula is C26H32N2O2S. The van der Waals surface area contributed by atoms with Gasteiger partial charge in [0, 0.05) is 17.5 Å². The molecule has 0 aliphatic heterocycles. The lowest BCUT2D eigenvalue weighted by molar-refractivity contribution is -0.118. The van der Waals surface area contributed by atoms with Crippen molar-refractivity contribution >= 4 is 22.4 Å². The predicted octanol–water partition coefficient (Wildman–Crippen LogP) is 6.53. The van der Waals surface area contributed by atoms with Crippen LogP contribution in [0.25, 0.3) is 0 Å². The summed E-state index contributed by atoms with van der Waals surface area (Å²) in [6.45, 7) is 8.44. The van der Waals surface area contributed by atoms with Gasteiger partial charge >= 0.3 is 0 Å². The third-order valence-electron chi connectivity index (χ3n) is 5.17. The van der Waals surface area contributed by atoms with E-state index in [1.54, 1.807) is 0 Å². The second kappa shape index (κ2) is 11.1. The monoisotopic (exact) mass is 436 g/mol. The number of aromatic nitrogens is 1. The van der Waals surface area contributed by atoms with E-state index in [2.05, 4.69) is 67.5 Å². The molecule has 164 valence electrons. The number of ether oxygens (including phenoxy) is 1. The minimum atomic E-state index is -0.197. The minimum Gasteiger partial charge on any atom is -0.483 e. The van der Waals surface area contributed by atoms with Crippen molar-refractivity contribution in [3.8, 4) is 5.75 Å². The van der Waals surface area contributed by atoms with Gasteiger partial charge < -0.3 is 4.74 Å². The molecule has 1 N–H and O–H groups in total. The standard InChI is InChI=1S/C26H32N2O2S/c1-5-6-7-20-9-11-21(12-10-20)15-22-16-27-26(31-22)28-25(29)17-30-24-14-19(4)8-13-23(24)18(2)3/h8-14,16,18H,5-7,15,17H2,1-4H3,(H,27,28,29). The minimum absolute atomic E-state index is 0.0304. The average molecular weight is 437 g/mol. The van der Waals surface area contributed by atoms with Crippen LogP contribution in [0, 0.1) is 6.92 Å². The molecule has 0 atom stereocenters. The lowest BCUT2D eigenvalue weighted by Gasteiger charge is -2.14. The van der Waals surface area contributed by atoms with Gasteiger partial charge in [0.05, 0.1) is 0 Å². The Morgan fingerprint density at radius 2 is 1.87 bits per heavy atom. The number of carbonyl (C=O) groups excluding carboxylic acids is 1. The average Bonchev–Trinajstić information content (AvgIpc) is 3.18. The van der Waals surface area contributed by atoms with Crippen molar-refractivity contribution in [3.05, 3.63) is 75.8 Å². The number of anilines is 1. The van der Waals surface area contributed by atoms with Crippen LogP contribution < -0.4 is 10.1 Å². The Morgan fingerprint density at radius 1 is 1.13 bits per heavy atom. The van der Waals surface area contributed by atoms with Crippen LogP contribution in [0.4, 0.5) is 5.13 Å². The highest BCUT2D eigenvalue weighted by Crippen LogP contribution is 2.27. The van der Waals surface area contributed by atoms with Gasteiger partial charge in [-0.25, -0.2) is 4.98 Å². The van der Waals surface area contributed by atoms with Gasteiger partial charge in [-0.1, -0.05) is 63.6 Å². The van der Waals surface area contributed by atoms with Gasteiger partial charge in [-0.2, -0.15) is 0 Å². The van der Waals surface area contributed by atoms with E-state index in [1.807, 2.05) is 19.2 Å². The van der Waals surface area contributed by atoms with Crippen LogP contribution in [-0.4, -0.2) is 17.5 Å². The van der Waals surface area contributed by atoms with E-state index < -0.39 is 0 Å². The first-order chi connectivity index (χ1) is 14.9. The first-order valence-electron chi connectivity index (χ1n) is 11.0. The van der Waals surface area contributed by atoms with Crippen LogP contribution in [0.3, 0.4) is 0 Å². The van der Waals surface area contributed by atoms with Gasteiger partial charge in [0.15, 0.2) is 11.7 Å². The molecule has 1 amide bonds. The lowest BCUT2D eigenvalue weighted by atomic mass is 10.0. The normalized spacial score (nSPS) is 11.0. The van der Waals surface area contributed by atoms with Gasteiger partial charge in [0.2, 0.25) is 0 Å². The summed E-state index contributed by atoms with van der Waals surface area (Å²) in [7, 11) is 0. The molecule has 4 nitrogen and oxygen atoms in total. The number of nitrogens with zero attached hydrogens (tertiary/aromatic N) is 1. The van der Waals surface area contributed by atoms with Crippen LogP contribution in [0.1, 0.15) is 66.7 Å². The van der Waals surface area contributed by atoms with Gasteiger partial charge in [-0.3, -0.25) is 10.1 Å². The summed E-state index contributed by atoms with van der Waals surface area (Å²) in [5.41, 5.74) is 4.86. The molecule has 0 radical (unpaired) electrons. The zero-order chi connectivity index (χ0) is 22.2. The molecule has 1 heterocycles. The summed E-state index contributed by atoms with van der Waals surface area (Å²) in [5, 5.41) is 3.47. The molecule has 0 bridgehead atoms. The zero-order valence-corrected chi connectivity index (χ0v) is 19.7. The van der Waals surface area contributed by atoms with Crippen molar-refractivity contribution in [2.75, 3.05) is 11.9 Å². The molecule has 1 aromatic heterocycles. The SMILES string of the molecule is CCCCc1ccc(Cc2cnc(NC(=O)COc3cc(C)ccc3C(C)C)s2)cc1. The van der Waals surface area contributed by atoms with Crippen molar-refractivity contribution in [2.24, 2.45) is 0 Å². The number of aryl methyl sites for hydroxylation is 2. The fourth-order valence-corrected chi connectivity index (χ4v) is 4.26. The van der Waals surface area contributed by atoms with E-state index in [-0.39, 0.29) is 12.5 Å². The molecular weight excluding hydrogens is 404 g/mol. The van der Waals surface area contributed by atoms with Gasteiger partial charge in [0.25, 0.3) is 5.91 Å². The largest absolute Gasteiger partial charge is 0.483 e. The molecule has 0 aliphatic rings. The molecule has 0 aliphatic carbocycles. The number of hydrogen-bond donors (Lipinski definition) is 1. The summed E-state index contributed by atoms with van der Waals surface area (Å²) in [6, 6.07) is 14.9. The lowest BCUT2D eigenvalue weighted by Crippen LogP contribution is -2.20. The van der Waals surface area contributed by atoms with Gasteiger partial charge in [-0.15, -0.1) is 11.3 Å². The van der Waals surface area contributed by atoms with Crippen LogP contribution in [0.15, 0.2) is 48.7 Å². The second-order valence-corrected chi connectivity index (χ2v) is 9.38. The van der Waals surface area contributed by atoms with E-state index in [0.29, 0.717) is 11.0 Å². The number of nitrogens with one attached hydrogen (secondary N) is 1. The number of thiazole rings is 1. The molecule has 0 saturated carbocycles. The first-order valence-corrected chi connectivity index (χ1v) is 11.8. The molecule has 5 heteroatoms. The Morgan fingerprint density at radius 3 is 2.58 bits per heavy atom. The molecule has 2 aromatic carbocycles. The maximum absolute atomic E-state index is 12.4. The van der Waals surface area contributed by atoms with Crippen molar-refractivity contribution in [3.63, 3.8) is 0 Å². The summed E-state index contributed by atoms with van der Waals surface area (Å²) in [4.78, 5) is 17.9. The van der Waals surface area contributed by atoms with Crippen LogP contribution >= 0.6 is 11.3 Å². The highest BCUT2D eigenvalue weighted by molar-refractivity contribution is 7.15. The quantitative estimate of drug-likeness (QED) is 0.393. The highest BCUT2D eigenvalue weighted by Gasteiger charge is 2.12. The third kappa shape index (κ3) is 6.93.